The van der Waals surface area contributed by atoms with Crippen LogP contribution in [0.25, 0.3) is 0 Å². The van der Waals surface area contributed by atoms with Crippen molar-refractivity contribution in [3.05, 3.63) is 12.4 Å². The highest BCUT2D eigenvalue weighted by Gasteiger charge is 2.26. The van der Waals surface area contributed by atoms with E-state index in [1.807, 2.05) is 13.8 Å². The van der Waals surface area contributed by atoms with E-state index < -0.39 is 5.41 Å². The van der Waals surface area contributed by atoms with Gasteiger partial charge in [0.1, 0.15) is 5.82 Å². The van der Waals surface area contributed by atoms with Gasteiger partial charge in [-0.25, -0.2) is 10.8 Å². The second-order valence-electron chi connectivity index (χ2n) is 4.25. The molecule has 1 aromatic heterocycles. The summed E-state index contributed by atoms with van der Waals surface area (Å²) in [6, 6.07) is 0. The molecule has 0 radical (unpaired) electrons. The van der Waals surface area contributed by atoms with E-state index in [0.717, 1.165) is 0 Å². The quantitative estimate of drug-likeness (QED) is 0.423. The highest BCUT2D eigenvalue weighted by molar-refractivity contribution is 5.82. The van der Waals surface area contributed by atoms with Crippen molar-refractivity contribution >= 4 is 17.5 Å². The molecule has 0 aromatic carbocycles. The van der Waals surface area contributed by atoms with Crippen molar-refractivity contribution in [2.24, 2.45) is 11.3 Å². The van der Waals surface area contributed by atoms with Gasteiger partial charge in [0.25, 0.3) is 0 Å². The summed E-state index contributed by atoms with van der Waals surface area (Å²) in [5.74, 6) is 6.22. The maximum absolute atomic E-state index is 11.6. The van der Waals surface area contributed by atoms with Crippen LogP contribution in [0.1, 0.15) is 13.8 Å². The van der Waals surface area contributed by atoms with Gasteiger partial charge in [0.15, 0.2) is 5.82 Å². The molecule has 1 heterocycles. The number of hydrazine groups is 1. The van der Waals surface area contributed by atoms with Crippen LogP contribution in [-0.2, 0) is 4.79 Å². The lowest BCUT2D eigenvalue weighted by Gasteiger charge is -2.23. The fourth-order valence-electron chi connectivity index (χ4n) is 1.25. The SMILES string of the molecule is CNC(=O)C(C)(C)CNc1cncc(NN)n1. The number of nitrogens with two attached hydrogens (primary N) is 1. The summed E-state index contributed by atoms with van der Waals surface area (Å²) in [7, 11) is 1.61. The molecule has 0 aliphatic heterocycles. The first-order chi connectivity index (χ1) is 7.99. The van der Waals surface area contributed by atoms with E-state index in [1.165, 1.54) is 6.20 Å². The Morgan fingerprint density at radius 3 is 2.65 bits per heavy atom. The molecular weight excluding hydrogens is 220 g/mol. The third-order valence-electron chi connectivity index (χ3n) is 2.34. The Morgan fingerprint density at radius 1 is 1.41 bits per heavy atom. The van der Waals surface area contributed by atoms with Gasteiger partial charge in [0.2, 0.25) is 5.91 Å². The van der Waals surface area contributed by atoms with Gasteiger partial charge in [0, 0.05) is 13.6 Å². The zero-order valence-corrected chi connectivity index (χ0v) is 10.2. The van der Waals surface area contributed by atoms with Gasteiger partial charge < -0.3 is 16.1 Å². The zero-order valence-electron chi connectivity index (χ0n) is 10.2. The number of nitrogens with one attached hydrogen (secondary N) is 3. The van der Waals surface area contributed by atoms with E-state index in [0.29, 0.717) is 18.2 Å². The maximum Gasteiger partial charge on any atom is 0.227 e. The van der Waals surface area contributed by atoms with Crippen LogP contribution in [0.5, 0.6) is 0 Å². The van der Waals surface area contributed by atoms with Crippen molar-refractivity contribution in [1.82, 2.24) is 15.3 Å². The van der Waals surface area contributed by atoms with Crippen molar-refractivity contribution < 1.29 is 4.79 Å². The van der Waals surface area contributed by atoms with Gasteiger partial charge in [-0.05, 0) is 13.8 Å². The lowest BCUT2D eigenvalue weighted by Crippen LogP contribution is -2.39. The molecule has 17 heavy (non-hydrogen) atoms. The second kappa shape index (κ2) is 5.44. The van der Waals surface area contributed by atoms with Crippen LogP contribution in [0.15, 0.2) is 12.4 Å². The molecule has 0 atom stereocenters. The van der Waals surface area contributed by atoms with Gasteiger partial charge >= 0.3 is 0 Å². The third-order valence-corrected chi connectivity index (χ3v) is 2.34. The van der Waals surface area contributed by atoms with Crippen LogP contribution in [0, 0.1) is 5.41 Å². The number of nitrogen functional groups attached to an aromatic ring is 1. The molecule has 5 N–H and O–H groups in total. The van der Waals surface area contributed by atoms with Crippen molar-refractivity contribution in [2.45, 2.75) is 13.8 Å². The number of carbonyl (C=O) groups is 1. The fraction of sp³-hybridized carbons (Fsp3) is 0.500. The highest BCUT2D eigenvalue weighted by atomic mass is 16.2. The van der Waals surface area contributed by atoms with Crippen LogP contribution < -0.4 is 21.9 Å². The Balaban J connectivity index is 2.63. The van der Waals surface area contributed by atoms with Crippen LogP contribution in [0.4, 0.5) is 11.6 Å². The van der Waals surface area contributed by atoms with Crippen LogP contribution in [-0.4, -0.2) is 29.5 Å². The van der Waals surface area contributed by atoms with E-state index in [9.17, 15) is 4.79 Å². The Hall–Kier alpha value is -1.89. The van der Waals surface area contributed by atoms with Gasteiger partial charge in [-0.15, -0.1) is 0 Å². The Kier molecular flexibility index (Phi) is 4.22. The predicted octanol–water partition coefficient (Wildman–Crippen LogP) is -0.0537. The Morgan fingerprint density at radius 2 is 2.06 bits per heavy atom. The zero-order chi connectivity index (χ0) is 12.9. The largest absolute Gasteiger partial charge is 0.368 e. The summed E-state index contributed by atoms with van der Waals surface area (Å²) in [5, 5.41) is 5.66. The molecule has 0 unspecified atom stereocenters. The molecular formula is C10H18N6O. The number of hydrogen-bond acceptors (Lipinski definition) is 6. The van der Waals surface area contributed by atoms with E-state index in [4.69, 9.17) is 5.84 Å². The minimum atomic E-state index is -0.525. The molecule has 0 bridgehead atoms. The Labute approximate surface area is 100 Å². The first-order valence-corrected chi connectivity index (χ1v) is 5.24. The number of nitrogens with zero attached hydrogens (tertiary/aromatic N) is 2. The van der Waals surface area contributed by atoms with E-state index in [2.05, 4.69) is 26.0 Å². The molecule has 7 heteroatoms. The predicted molar refractivity (Wildman–Crippen MR) is 66.2 cm³/mol. The molecule has 1 amide bonds. The number of anilines is 2. The summed E-state index contributed by atoms with van der Waals surface area (Å²) in [4.78, 5) is 19.6. The molecule has 0 aliphatic carbocycles. The number of carbonyl (C=O) groups excluding carboxylic acids is 1. The van der Waals surface area contributed by atoms with Gasteiger partial charge in [-0.2, -0.15) is 0 Å². The fourth-order valence-corrected chi connectivity index (χ4v) is 1.25. The van der Waals surface area contributed by atoms with Crippen LogP contribution in [0.2, 0.25) is 0 Å². The summed E-state index contributed by atoms with van der Waals surface area (Å²) in [5.41, 5.74) is 1.88. The number of hydrogen-bond donors (Lipinski definition) is 4. The van der Waals surface area contributed by atoms with E-state index in [-0.39, 0.29) is 5.91 Å². The molecule has 7 nitrogen and oxygen atoms in total. The van der Waals surface area contributed by atoms with Gasteiger partial charge in [0.05, 0.1) is 17.8 Å². The first-order valence-electron chi connectivity index (χ1n) is 5.24. The maximum atomic E-state index is 11.6. The minimum absolute atomic E-state index is 0.0361. The monoisotopic (exact) mass is 238 g/mol. The summed E-state index contributed by atoms with van der Waals surface area (Å²) < 4.78 is 0. The number of rotatable bonds is 5. The molecule has 0 aliphatic rings. The molecule has 1 aromatic rings. The van der Waals surface area contributed by atoms with Crippen molar-refractivity contribution in [1.29, 1.82) is 0 Å². The minimum Gasteiger partial charge on any atom is -0.368 e. The molecule has 0 fully saturated rings. The number of aromatic nitrogens is 2. The van der Waals surface area contributed by atoms with E-state index in [1.54, 1.807) is 13.2 Å². The topological polar surface area (TPSA) is 105 Å². The molecule has 0 spiro atoms. The van der Waals surface area contributed by atoms with Gasteiger partial charge in [-0.1, -0.05) is 0 Å². The number of amides is 1. The molecule has 0 saturated heterocycles. The average Bonchev–Trinajstić information content (AvgIpc) is 2.35. The second-order valence-corrected chi connectivity index (χ2v) is 4.25. The van der Waals surface area contributed by atoms with Gasteiger partial charge in [-0.3, -0.25) is 9.78 Å². The van der Waals surface area contributed by atoms with Crippen LogP contribution in [0.3, 0.4) is 0 Å². The van der Waals surface area contributed by atoms with Crippen molar-refractivity contribution in [3.63, 3.8) is 0 Å². The lowest BCUT2D eigenvalue weighted by molar-refractivity contribution is -0.128. The Bertz CT molecular complexity index is 392. The van der Waals surface area contributed by atoms with Crippen LogP contribution >= 0.6 is 0 Å². The summed E-state index contributed by atoms with van der Waals surface area (Å²) in [6.45, 7) is 4.14. The first kappa shape index (κ1) is 13.2. The summed E-state index contributed by atoms with van der Waals surface area (Å²) >= 11 is 0. The summed E-state index contributed by atoms with van der Waals surface area (Å²) in [6.07, 6.45) is 3.08. The third kappa shape index (κ3) is 3.56. The standard InChI is InChI=1S/C10H18N6O/c1-10(2,9(17)12-3)6-14-7-4-13-5-8(15-7)16-11/h4-5H,6,11H2,1-3H3,(H,12,17)(H2,14,15,16). The van der Waals surface area contributed by atoms with E-state index >= 15 is 0 Å². The normalized spacial score (nSPS) is 10.8. The smallest absolute Gasteiger partial charge is 0.227 e. The van der Waals surface area contributed by atoms with Crippen molar-refractivity contribution in [2.75, 3.05) is 24.3 Å². The molecule has 0 saturated carbocycles. The average molecular weight is 238 g/mol. The highest BCUT2D eigenvalue weighted by Crippen LogP contribution is 2.16. The lowest BCUT2D eigenvalue weighted by atomic mass is 9.92. The van der Waals surface area contributed by atoms with Crippen molar-refractivity contribution in [3.8, 4) is 0 Å². The molecule has 1 rings (SSSR count). The molecule has 94 valence electrons.